The van der Waals surface area contributed by atoms with Crippen LogP contribution in [0.25, 0.3) is 0 Å². The number of ether oxygens (including phenoxy) is 1. The van der Waals surface area contributed by atoms with Gasteiger partial charge >= 0.3 is 0 Å². The molecule has 1 heterocycles. The van der Waals surface area contributed by atoms with Gasteiger partial charge in [0, 0.05) is 12.6 Å². The number of β-amino-alcohol motifs (C(OH)–C–C–N with tert-alkyl or cyclic N) is 1. The maximum absolute atomic E-state index is 9.87. The van der Waals surface area contributed by atoms with Crippen molar-refractivity contribution in [1.29, 1.82) is 0 Å². The van der Waals surface area contributed by atoms with Gasteiger partial charge in [-0.15, -0.1) is 0 Å². The molecule has 2 rings (SSSR count). The highest BCUT2D eigenvalue weighted by Gasteiger charge is 2.16. The monoisotopic (exact) mass is 289 g/mol. The van der Waals surface area contributed by atoms with E-state index in [9.17, 15) is 5.11 Å². The van der Waals surface area contributed by atoms with Crippen LogP contribution < -0.4 is 4.74 Å². The van der Waals surface area contributed by atoms with Gasteiger partial charge in [0.05, 0.1) is 10.0 Å². The molecule has 1 N–H and O–H groups in total. The summed E-state index contributed by atoms with van der Waals surface area (Å²) in [7, 11) is 0. The Morgan fingerprint density at radius 1 is 1.22 bits per heavy atom. The molecule has 1 aromatic carbocycles. The van der Waals surface area contributed by atoms with Crippen molar-refractivity contribution < 1.29 is 9.84 Å². The Balaban J connectivity index is 1.77. The third kappa shape index (κ3) is 4.02. The predicted molar refractivity (Wildman–Crippen MR) is 73.6 cm³/mol. The Morgan fingerprint density at radius 3 is 2.61 bits per heavy atom. The van der Waals surface area contributed by atoms with Crippen LogP contribution in [0.2, 0.25) is 10.0 Å². The SMILES string of the molecule is OC(COc1ccc(Cl)c(Cl)c1)CN1CCCC1. The van der Waals surface area contributed by atoms with E-state index < -0.39 is 6.10 Å². The number of nitrogens with zero attached hydrogens (tertiary/aromatic N) is 1. The van der Waals surface area contributed by atoms with E-state index in [0.29, 0.717) is 22.3 Å². The minimum absolute atomic E-state index is 0.272. The molecule has 1 atom stereocenters. The molecule has 1 aliphatic heterocycles. The second kappa shape index (κ2) is 6.62. The first kappa shape index (κ1) is 13.9. The van der Waals surface area contributed by atoms with Crippen molar-refractivity contribution in [1.82, 2.24) is 4.90 Å². The van der Waals surface area contributed by atoms with Gasteiger partial charge in [0.15, 0.2) is 0 Å². The maximum atomic E-state index is 9.87. The molecule has 100 valence electrons. The minimum Gasteiger partial charge on any atom is -0.491 e. The second-order valence-electron chi connectivity index (χ2n) is 4.55. The maximum Gasteiger partial charge on any atom is 0.121 e. The summed E-state index contributed by atoms with van der Waals surface area (Å²) in [5.74, 6) is 0.630. The van der Waals surface area contributed by atoms with Crippen molar-refractivity contribution in [3.05, 3.63) is 28.2 Å². The zero-order valence-corrected chi connectivity index (χ0v) is 11.6. The average Bonchev–Trinajstić information content (AvgIpc) is 2.83. The first-order valence-corrected chi connectivity index (χ1v) is 6.89. The highest BCUT2D eigenvalue weighted by molar-refractivity contribution is 6.42. The van der Waals surface area contributed by atoms with Crippen molar-refractivity contribution in [3.63, 3.8) is 0 Å². The van der Waals surface area contributed by atoms with Gasteiger partial charge in [-0.05, 0) is 38.1 Å². The standard InChI is InChI=1S/C13H17Cl2NO2/c14-12-4-3-11(7-13(12)15)18-9-10(17)8-16-5-1-2-6-16/h3-4,7,10,17H,1-2,5-6,8-9H2. The first-order chi connectivity index (χ1) is 8.65. The van der Waals surface area contributed by atoms with E-state index in [1.807, 2.05) is 0 Å². The Labute approximate surface area is 117 Å². The Kier molecular flexibility index (Phi) is 5.13. The summed E-state index contributed by atoms with van der Waals surface area (Å²) in [6.45, 7) is 3.09. The van der Waals surface area contributed by atoms with Crippen LogP contribution in [0.1, 0.15) is 12.8 Å². The lowest BCUT2D eigenvalue weighted by atomic mass is 10.3. The minimum atomic E-state index is -0.474. The Morgan fingerprint density at radius 2 is 1.94 bits per heavy atom. The fourth-order valence-electron chi connectivity index (χ4n) is 2.08. The summed E-state index contributed by atoms with van der Waals surface area (Å²) in [5, 5.41) is 10.8. The van der Waals surface area contributed by atoms with Crippen LogP contribution in [-0.2, 0) is 0 Å². The van der Waals surface area contributed by atoms with Crippen LogP contribution in [0.3, 0.4) is 0 Å². The number of hydrogen-bond donors (Lipinski definition) is 1. The number of aliphatic hydroxyl groups is 1. The molecule has 0 radical (unpaired) electrons. The van der Waals surface area contributed by atoms with E-state index in [1.165, 1.54) is 12.8 Å². The van der Waals surface area contributed by atoms with Gasteiger partial charge in [-0.3, -0.25) is 0 Å². The van der Waals surface area contributed by atoms with Crippen LogP contribution >= 0.6 is 23.2 Å². The molecule has 0 aliphatic carbocycles. The molecule has 0 spiro atoms. The summed E-state index contributed by atoms with van der Waals surface area (Å²) >= 11 is 11.7. The zero-order chi connectivity index (χ0) is 13.0. The van der Waals surface area contributed by atoms with Crippen molar-refractivity contribution in [3.8, 4) is 5.75 Å². The molecule has 0 saturated carbocycles. The summed E-state index contributed by atoms with van der Waals surface area (Å²) in [6.07, 6.45) is 1.97. The number of likely N-dealkylation sites (tertiary alicyclic amines) is 1. The van der Waals surface area contributed by atoms with Gasteiger partial charge in [-0.1, -0.05) is 23.2 Å². The van der Waals surface area contributed by atoms with Crippen LogP contribution in [-0.4, -0.2) is 42.4 Å². The third-order valence-electron chi connectivity index (χ3n) is 3.00. The number of rotatable bonds is 5. The molecule has 1 aliphatic rings. The molecule has 3 nitrogen and oxygen atoms in total. The zero-order valence-electron chi connectivity index (χ0n) is 10.1. The molecule has 5 heteroatoms. The van der Waals surface area contributed by atoms with Crippen molar-refractivity contribution >= 4 is 23.2 Å². The van der Waals surface area contributed by atoms with Gasteiger partial charge in [0.1, 0.15) is 18.5 Å². The van der Waals surface area contributed by atoms with E-state index in [0.717, 1.165) is 13.1 Å². The van der Waals surface area contributed by atoms with Gasteiger partial charge in [0.2, 0.25) is 0 Å². The number of hydrogen-bond acceptors (Lipinski definition) is 3. The van der Waals surface area contributed by atoms with Crippen LogP contribution in [0.4, 0.5) is 0 Å². The van der Waals surface area contributed by atoms with Gasteiger partial charge in [-0.25, -0.2) is 0 Å². The molecule has 1 aromatic rings. The molecule has 1 saturated heterocycles. The smallest absolute Gasteiger partial charge is 0.121 e. The van der Waals surface area contributed by atoms with E-state index >= 15 is 0 Å². The lowest BCUT2D eigenvalue weighted by Crippen LogP contribution is -2.33. The molecule has 18 heavy (non-hydrogen) atoms. The van der Waals surface area contributed by atoms with Crippen molar-refractivity contribution in [2.75, 3.05) is 26.2 Å². The topological polar surface area (TPSA) is 32.7 Å². The number of benzene rings is 1. The predicted octanol–water partition coefficient (Wildman–Crippen LogP) is 2.83. The lowest BCUT2D eigenvalue weighted by molar-refractivity contribution is 0.0758. The average molecular weight is 290 g/mol. The first-order valence-electron chi connectivity index (χ1n) is 6.13. The highest BCUT2D eigenvalue weighted by atomic mass is 35.5. The summed E-state index contributed by atoms with van der Waals surface area (Å²) in [6, 6.07) is 5.09. The normalized spacial score (nSPS) is 17.9. The summed E-state index contributed by atoms with van der Waals surface area (Å²) < 4.78 is 5.49. The molecule has 0 amide bonds. The fraction of sp³-hybridized carbons (Fsp3) is 0.538. The van der Waals surface area contributed by atoms with Crippen LogP contribution in [0, 0.1) is 0 Å². The van der Waals surface area contributed by atoms with E-state index in [-0.39, 0.29) is 6.61 Å². The van der Waals surface area contributed by atoms with Crippen LogP contribution in [0.15, 0.2) is 18.2 Å². The summed E-state index contributed by atoms with van der Waals surface area (Å²) in [4.78, 5) is 2.25. The van der Waals surface area contributed by atoms with Gasteiger partial charge in [-0.2, -0.15) is 0 Å². The van der Waals surface area contributed by atoms with Crippen LogP contribution in [0.5, 0.6) is 5.75 Å². The molecule has 1 fully saturated rings. The third-order valence-corrected chi connectivity index (χ3v) is 3.74. The van der Waals surface area contributed by atoms with E-state index in [4.69, 9.17) is 27.9 Å². The van der Waals surface area contributed by atoms with E-state index in [1.54, 1.807) is 18.2 Å². The quantitative estimate of drug-likeness (QED) is 0.905. The molecule has 1 unspecified atom stereocenters. The molecular weight excluding hydrogens is 273 g/mol. The Bertz CT molecular complexity index is 395. The van der Waals surface area contributed by atoms with Gasteiger partial charge < -0.3 is 14.7 Å². The summed E-state index contributed by atoms with van der Waals surface area (Å²) in [5.41, 5.74) is 0. The number of halogens is 2. The number of aliphatic hydroxyl groups excluding tert-OH is 1. The molecule has 0 aromatic heterocycles. The van der Waals surface area contributed by atoms with E-state index in [2.05, 4.69) is 4.90 Å². The molecule has 0 bridgehead atoms. The lowest BCUT2D eigenvalue weighted by Gasteiger charge is -2.19. The Hall–Kier alpha value is -0.480. The molecular formula is C13H17Cl2NO2. The fourth-order valence-corrected chi connectivity index (χ4v) is 2.36. The highest BCUT2D eigenvalue weighted by Crippen LogP contribution is 2.26. The van der Waals surface area contributed by atoms with Gasteiger partial charge in [0.25, 0.3) is 0 Å². The second-order valence-corrected chi connectivity index (χ2v) is 5.36. The van der Waals surface area contributed by atoms with Crippen molar-refractivity contribution in [2.24, 2.45) is 0 Å². The van der Waals surface area contributed by atoms with Crippen molar-refractivity contribution in [2.45, 2.75) is 18.9 Å². The largest absolute Gasteiger partial charge is 0.491 e.